The van der Waals surface area contributed by atoms with Crippen LogP contribution in [0.5, 0.6) is 0 Å². The van der Waals surface area contributed by atoms with Crippen molar-refractivity contribution in [3.05, 3.63) is 80.8 Å². The van der Waals surface area contributed by atoms with Crippen LogP contribution < -0.4 is 0 Å². The lowest BCUT2D eigenvalue weighted by Crippen LogP contribution is -1.87. The molecule has 0 heterocycles. The van der Waals surface area contributed by atoms with E-state index in [1.165, 1.54) is 25.8 Å². The summed E-state index contributed by atoms with van der Waals surface area (Å²) in [6.07, 6.45) is 0. The Hall–Kier alpha value is -1.13. The number of benzene rings is 3. The van der Waals surface area contributed by atoms with Gasteiger partial charge in [-0.1, -0.05) is 60.7 Å². The van der Waals surface area contributed by atoms with Crippen molar-refractivity contribution in [3.63, 3.8) is 0 Å². The number of hydrogen-bond acceptors (Lipinski definition) is 0. The summed E-state index contributed by atoms with van der Waals surface area (Å²) in [5.41, 5.74) is 4.96. The number of halogens is 2. The van der Waals surface area contributed by atoms with Crippen LogP contribution in [0.2, 0.25) is 0 Å². The second-order valence-corrected chi connectivity index (χ2v) is 6.51. The van der Waals surface area contributed by atoms with Gasteiger partial charge in [-0.2, -0.15) is 0 Å². The van der Waals surface area contributed by atoms with Crippen LogP contribution in [0.3, 0.4) is 0 Å². The third-order valence-corrected chi connectivity index (χ3v) is 5.67. The van der Waals surface area contributed by atoms with Crippen LogP contribution in [0.25, 0.3) is 22.3 Å². The third kappa shape index (κ3) is 2.81. The van der Waals surface area contributed by atoms with Crippen LogP contribution in [0, 0.1) is 3.57 Å². The Labute approximate surface area is 141 Å². The van der Waals surface area contributed by atoms with Gasteiger partial charge in [-0.25, -0.2) is 0 Å². The third-order valence-electron chi connectivity index (χ3n) is 3.22. The predicted molar refractivity (Wildman–Crippen MR) is 97.7 cm³/mol. The second kappa shape index (κ2) is 6.10. The Morgan fingerprint density at radius 3 is 1.80 bits per heavy atom. The van der Waals surface area contributed by atoms with Crippen LogP contribution in [0.15, 0.2) is 77.3 Å². The molecule has 0 nitrogen and oxygen atoms in total. The normalized spacial score (nSPS) is 10.5. The molecule has 0 aliphatic rings. The minimum Gasteiger partial charge on any atom is -0.0622 e. The van der Waals surface area contributed by atoms with E-state index in [4.69, 9.17) is 0 Å². The zero-order chi connectivity index (χ0) is 13.9. The minimum atomic E-state index is 1.16. The topological polar surface area (TPSA) is 0 Å². The molecule has 0 amide bonds. The molecule has 0 aliphatic heterocycles. The molecule has 0 saturated heterocycles. The molecule has 0 fully saturated rings. The Morgan fingerprint density at radius 2 is 1.20 bits per heavy atom. The van der Waals surface area contributed by atoms with Crippen LogP contribution in [-0.4, -0.2) is 0 Å². The lowest BCUT2D eigenvalue weighted by atomic mass is 9.99. The molecule has 98 valence electrons. The fourth-order valence-electron chi connectivity index (χ4n) is 2.21. The quantitative estimate of drug-likeness (QED) is 0.410. The van der Waals surface area contributed by atoms with Crippen LogP contribution in [0.4, 0.5) is 0 Å². The highest BCUT2D eigenvalue weighted by molar-refractivity contribution is 14.1. The summed E-state index contributed by atoms with van der Waals surface area (Å²) in [7, 11) is 0. The van der Waals surface area contributed by atoms with Gasteiger partial charge < -0.3 is 0 Å². The van der Waals surface area contributed by atoms with Gasteiger partial charge in [0, 0.05) is 8.04 Å². The maximum absolute atomic E-state index is 3.72. The van der Waals surface area contributed by atoms with Gasteiger partial charge in [0.25, 0.3) is 0 Å². The molecular formula is C18H12BrI. The van der Waals surface area contributed by atoms with Gasteiger partial charge >= 0.3 is 0 Å². The molecule has 0 bridgehead atoms. The summed E-state index contributed by atoms with van der Waals surface area (Å²) in [5.74, 6) is 0. The molecule has 3 aromatic carbocycles. The van der Waals surface area contributed by atoms with Gasteiger partial charge in [-0.15, -0.1) is 0 Å². The molecule has 0 aromatic heterocycles. The highest BCUT2D eigenvalue weighted by atomic mass is 127. The van der Waals surface area contributed by atoms with Crippen molar-refractivity contribution in [1.29, 1.82) is 0 Å². The molecule has 0 atom stereocenters. The van der Waals surface area contributed by atoms with E-state index in [0.717, 1.165) is 4.47 Å². The first-order valence-corrected chi connectivity index (χ1v) is 8.23. The van der Waals surface area contributed by atoms with Crippen molar-refractivity contribution < 1.29 is 0 Å². The van der Waals surface area contributed by atoms with E-state index in [0.29, 0.717) is 0 Å². The summed E-state index contributed by atoms with van der Waals surface area (Å²) in [5, 5.41) is 0. The molecule has 0 radical (unpaired) electrons. The minimum absolute atomic E-state index is 1.16. The largest absolute Gasteiger partial charge is 0.0622 e. The van der Waals surface area contributed by atoms with Crippen molar-refractivity contribution in [1.82, 2.24) is 0 Å². The van der Waals surface area contributed by atoms with Crippen LogP contribution >= 0.6 is 38.5 Å². The summed E-state index contributed by atoms with van der Waals surface area (Å²) < 4.78 is 2.38. The van der Waals surface area contributed by atoms with E-state index in [2.05, 4.69) is 99.2 Å². The van der Waals surface area contributed by atoms with E-state index >= 15 is 0 Å². The van der Waals surface area contributed by atoms with E-state index in [1.807, 2.05) is 12.1 Å². The van der Waals surface area contributed by atoms with Crippen LogP contribution in [0.1, 0.15) is 0 Å². The van der Waals surface area contributed by atoms with Gasteiger partial charge in [0.05, 0.1) is 0 Å². The average molecular weight is 435 g/mol. The molecule has 0 N–H and O–H groups in total. The Morgan fingerprint density at radius 1 is 0.650 bits per heavy atom. The van der Waals surface area contributed by atoms with Gasteiger partial charge in [-0.05, 0) is 72.9 Å². The fraction of sp³-hybridized carbons (Fsp3) is 0. The number of rotatable bonds is 2. The van der Waals surface area contributed by atoms with Gasteiger partial charge in [-0.3, -0.25) is 0 Å². The van der Waals surface area contributed by atoms with Crippen molar-refractivity contribution in [2.24, 2.45) is 0 Å². The standard InChI is InChI=1S/C18H12BrI/c19-18-16(14-9-5-2-6-10-14)11-15(12-17(18)20)13-7-3-1-4-8-13/h1-12H. The molecule has 3 aromatic rings. The first kappa shape index (κ1) is 13.8. The smallest absolute Gasteiger partial charge is 0.0387 e. The molecule has 0 spiro atoms. The van der Waals surface area contributed by atoms with E-state index in [-0.39, 0.29) is 0 Å². The van der Waals surface area contributed by atoms with Gasteiger partial charge in [0.15, 0.2) is 0 Å². The molecule has 20 heavy (non-hydrogen) atoms. The lowest BCUT2D eigenvalue weighted by molar-refractivity contribution is 1.53. The Bertz CT molecular complexity index is 721. The van der Waals surface area contributed by atoms with Gasteiger partial charge in [0.1, 0.15) is 0 Å². The highest BCUT2D eigenvalue weighted by Crippen LogP contribution is 2.36. The molecule has 0 unspecified atom stereocenters. The molecule has 2 heteroatoms. The van der Waals surface area contributed by atoms with E-state index in [1.54, 1.807) is 0 Å². The summed E-state index contributed by atoms with van der Waals surface area (Å²) in [6, 6.07) is 25.4. The number of hydrogen-bond donors (Lipinski definition) is 0. The van der Waals surface area contributed by atoms with E-state index in [9.17, 15) is 0 Å². The second-order valence-electron chi connectivity index (χ2n) is 4.55. The fourth-order valence-corrected chi connectivity index (χ4v) is 3.30. The van der Waals surface area contributed by atoms with Crippen molar-refractivity contribution in [2.45, 2.75) is 0 Å². The van der Waals surface area contributed by atoms with Crippen molar-refractivity contribution in [3.8, 4) is 22.3 Å². The van der Waals surface area contributed by atoms with Gasteiger partial charge in [0.2, 0.25) is 0 Å². The van der Waals surface area contributed by atoms with Crippen molar-refractivity contribution in [2.75, 3.05) is 0 Å². The zero-order valence-electron chi connectivity index (χ0n) is 10.7. The summed E-state index contributed by atoms with van der Waals surface area (Å²) in [4.78, 5) is 0. The lowest BCUT2D eigenvalue weighted by Gasteiger charge is -2.11. The monoisotopic (exact) mass is 434 g/mol. The van der Waals surface area contributed by atoms with Crippen molar-refractivity contribution >= 4 is 38.5 Å². The average Bonchev–Trinajstić information content (AvgIpc) is 2.51. The highest BCUT2D eigenvalue weighted by Gasteiger charge is 2.09. The maximum Gasteiger partial charge on any atom is 0.0387 e. The molecule has 0 saturated carbocycles. The predicted octanol–water partition coefficient (Wildman–Crippen LogP) is 6.39. The zero-order valence-corrected chi connectivity index (χ0v) is 14.4. The SMILES string of the molecule is Brc1c(I)cc(-c2ccccc2)cc1-c1ccccc1. The molecule has 0 aliphatic carbocycles. The maximum atomic E-state index is 3.72. The van der Waals surface area contributed by atoms with Crippen LogP contribution in [-0.2, 0) is 0 Å². The van der Waals surface area contributed by atoms with E-state index < -0.39 is 0 Å². The molecule has 3 rings (SSSR count). The first-order chi connectivity index (χ1) is 9.75. The Balaban J connectivity index is 2.19. The summed E-state index contributed by atoms with van der Waals surface area (Å²) >= 11 is 6.10. The Kier molecular flexibility index (Phi) is 4.22. The molecular weight excluding hydrogens is 423 g/mol. The summed E-state index contributed by atoms with van der Waals surface area (Å²) in [6.45, 7) is 0. The first-order valence-electron chi connectivity index (χ1n) is 6.35.